The second-order valence-electron chi connectivity index (χ2n) is 5.44. The van der Waals surface area contributed by atoms with Crippen molar-refractivity contribution < 1.29 is 9.53 Å². The van der Waals surface area contributed by atoms with E-state index < -0.39 is 0 Å². The first-order valence-corrected chi connectivity index (χ1v) is 7.72. The van der Waals surface area contributed by atoms with Crippen LogP contribution in [0.25, 0.3) is 0 Å². The summed E-state index contributed by atoms with van der Waals surface area (Å²) in [6.45, 7) is 5.24. The van der Waals surface area contributed by atoms with Crippen LogP contribution >= 0.6 is 0 Å². The van der Waals surface area contributed by atoms with E-state index in [0.29, 0.717) is 37.0 Å². The molecule has 0 bridgehead atoms. The quantitative estimate of drug-likeness (QED) is 0.928. The highest BCUT2D eigenvalue weighted by atomic mass is 16.5. The van der Waals surface area contributed by atoms with Gasteiger partial charge in [-0.15, -0.1) is 0 Å². The number of aromatic nitrogens is 2. The normalized spacial score (nSPS) is 14.6. The molecular formula is C17H20N4O2. The molecule has 0 saturated carbocycles. The van der Waals surface area contributed by atoms with Gasteiger partial charge in [0, 0.05) is 25.8 Å². The third-order valence-corrected chi connectivity index (χ3v) is 3.80. The molecule has 0 aliphatic carbocycles. The molecule has 23 heavy (non-hydrogen) atoms. The topological polar surface area (TPSA) is 67.3 Å². The highest BCUT2D eigenvalue weighted by Gasteiger charge is 2.17. The Labute approximate surface area is 135 Å². The van der Waals surface area contributed by atoms with Crippen LogP contribution in [0.5, 0.6) is 0 Å². The monoisotopic (exact) mass is 312 g/mol. The Morgan fingerprint density at radius 3 is 2.70 bits per heavy atom. The van der Waals surface area contributed by atoms with Gasteiger partial charge in [-0.3, -0.25) is 4.79 Å². The number of nitrogens with zero attached hydrogens (tertiary/aromatic N) is 3. The highest BCUT2D eigenvalue weighted by Crippen LogP contribution is 2.13. The van der Waals surface area contributed by atoms with E-state index in [1.807, 2.05) is 37.3 Å². The van der Waals surface area contributed by atoms with Crippen LogP contribution in [0, 0.1) is 6.92 Å². The van der Waals surface area contributed by atoms with Crippen molar-refractivity contribution in [2.45, 2.75) is 13.5 Å². The van der Waals surface area contributed by atoms with E-state index in [1.165, 1.54) is 0 Å². The number of nitrogens with one attached hydrogen (secondary N) is 1. The molecule has 1 saturated heterocycles. The summed E-state index contributed by atoms with van der Waals surface area (Å²) >= 11 is 0. The standard InChI is InChI=1S/C17H20N4O2/c1-13-15(16(22)18-11-14-5-3-2-4-6-14)12-19-17(20-13)21-7-9-23-10-8-21/h2-6,12H,7-11H2,1H3,(H,18,22). The lowest BCUT2D eigenvalue weighted by molar-refractivity contribution is 0.0949. The third kappa shape index (κ3) is 3.84. The van der Waals surface area contributed by atoms with E-state index in [1.54, 1.807) is 6.20 Å². The van der Waals surface area contributed by atoms with Gasteiger partial charge in [0.2, 0.25) is 5.95 Å². The van der Waals surface area contributed by atoms with Gasteiger partial charge in [0.1, 0.15) is 0 Å². The van der Waals surface area contributed by atoms with Crippen molar-refractivity contribution in [1.82, 2.24) is 15.3 Å². The summed E-state index contributed by atoms with van der Waals surface area (Å²) in [5.74, 6) is 0.505. The molecule has 2 aromatic rings. The number of anilines is 1. The van der Waals surface area contributed by atoms with Crippen molar-refractivity contribution in [3.8, 4) is 0 Å². The molecule has 1 aromatic heterocycles. The summed E-state index contributed by atoms with van der Waals surface area (Å²) in [5.41, 5.74) is 2.26. The molecule has 1 aromatic carbocycles. The molecule has 0 unspecified atom stereocenters. The molecule has 1 aliphatic rings. The van der Waals surface area contributed by atoms with Crippen LogP contribution in [-0.2, 0) is 11.3 Å². The number of carbonyl (C=O) groups is 1. The maximum Gasteiger partial charge on any atom is 0.254 e. The lowest BCUT2D eigenvalue weighted by Crippen LogP contribution is -2.37. The van der Waals surface area contributed by atoms with Crippen LogP contribution in [-0.4, -0.2) is 42.2 Å². The first-order valence-electron chi connectivity index (χ1n) is 7.72. The molecule has 1 fully saturated rings. The minimum absolute atomic E-state index is 0.153. The maximum atomic E-state index is 12.3. The number of hydrogen-bond donors (Lipinski definition) is 1. The predicted molar refractivity (Wildman–Crippen MR) is 87.4 cm³/mol. The molecule has 2 heterocycles. The summed E-state index contributed by atoms with van der Waals surface area (Å²) in [4.78, 5) is 23.2. The van der Waals surface area contributed by atoms with Crippen LogP contribution in [0.3, 0.4) is 0 Å². The van der Waals surface area contributed by atoms with Gasteiger partial charge in [0.05, 0.1) is 24.5 Å². The first kappa shape index (κ1) is 15.4. The summed E-state index contributed by atoms with van der Waals surface area (Å²) in [5, 5.41) is 2.90. The van der Waals surface area contributed by atoms with Crippen LogP contribution in [0.15, 0.2) is 36.5 Å². The molecule has 6 nitrogen and oxygen atoms in total. The van der Waals surface area contributed by atoms with Gasteiger partial charge in [0.25, 0.3) is 5.91 Å². The largest absolute Gasteiger partial charge is 0.378 e. The number of aryl methyl sites for hydroxylation is 1. The Kier molecular flexibility index (Phi) is 4.83. The summed E-state index contributed by atoms with van der Waals surface area (Å²) in [6, 6.07) is 9.81. The molecule has 120 valence electrons. The van der Waals surface area contributed by atoms with Gasteiger partial charge >= 0.3 is 0 Å². The van der Waals surface area contributed by atoms with Crippen LogP contribution in [0.2, 0.25) is 0 Å². The number of ether oxygens (including phenoxy) is 1. The Balaban J connectivity index is 1.66. The molecule has 3 rings (SSSR count). The minimum Gasteiger partial charge on any atom is -0.378 e. The minimum atomic E-state index is -0.153. The number of amides is 1. The number of carbonyl (C=O) groups excluding carboxylic acids is 1. The first-order chi connectivity index (χ1) is 11.2. The van der Waals surface area contributed by atoms with Crippen molar-refractivity contribution in [3.63, 3.8) is 0 Å². The van der Waals surface area contributed by atoms with Crippen molar-refractivity contribution in [2.75, 3.05) is 31.2 Å². The second kappa shape index (κ2) is 7.19. The molecular weight excluding hydrogens is 292 g/mol. The van der Waals surface area contributed by atoms with Gasteiger partial charge in [-0.05, 0) is 12.5 Å². The molecule has 0 atom stereocenters. The van der Waals surface area contributed by atoms with E-state index in [4.69, 9.17) is 4.74 Å². The van der Waals surface area contributed by atoms with Crippen molar-refractivity contribution in [2.24, 2.45) is 0 Å². The van der Waals surface area contributed by atoms with Crippen molar-refractivity contribution >= 4 is 11.9 Å². The van der Waals surface area contributed by atoms with Gasteiger partial charge in [-0.25, -0.2) is 9.97 Å². The fourth-order valence-corrected chi connectivity index (χ4v) is 2.47. The third-order valence-electron chi connectivity index (χ3n) is 3.80. The van der Waals surface area contributed by atoms with Crippen LogP contribution in [0.1, 0.15) is 21.6 Å². The Morgan fingerprint density at radius 1 is 1.26 bits per heavy atom. The van der Waals surface area contributed by atoms with E-state index in [9.17, 15) is 4.79 Å². The van der Waals surface area contributed by atoms with Crippen molar-refractivity contribution in [3.05, 3.63) is 53.3 Å². The van der Waals surface area contributed by atoms with E-state index in [-0.39, 0.29) is 5.91 Å². The molecule has 1 amide bonds. The van der Waals surface area contributed by atoms with E-state index in [0.717, 1.165) is 18.7 Å². The summed E-state index contributed by atoms with van der Waals surface area (Å²) in [7, 11) is 0. The number of hydrogen-bond acceptors (Lipinski definition) is 5. The van der Waals surface area contributed by atoms with Gasteiger partial charge in [0.15, 0.2) is 0 Å². The van der Waals surface area contributed by atoms with Gasteiger partial charge in [-0.1, -0.05) is 30.3 Å². The molecule has 0 radical (unpaired) electrons. The maximum absolute atomic E-state index is 12.3. The Morgan fingerprint density at radius 2 is 2.00 bits per heavy atom. The predicted octanol–water partition coefficient (Wildman–Crippen LogP) is 1.55. The smallest absolute Gasteiger partial charge is 0.254 e. The zero-order valence-corrected chi connectivity index (χ0v) is 13.2. The Hall–Kier alpha value is -2.47. The fourth-order valence-electron chi connectivity index (χ4n) is 2.47. The molecule has 6 heteroatoms. The lowest BCUT2D eigenvalue weighted by atomic mass is 10.2. The fraction of sp³-hybridized carbons (Fsp3) is 0.353. The van der Waals surface area contributed by atoms with E-state index >= 15 is 0 Å². The SMILES string of the molecule is Cc1nc(N2CCOCC2)ncc1C(=O)NCc1ccccc1. The number of benzene rings is 1. The molecule has 1 N–H and O–H groups in total. The zero-order chi connectivity index (χ0) is 16.1. The van der Waals surface area contributed by atoms with Gasteiger partial charge < -0.3 is 15.0 Å². The summed E-state index contributed by atoms with van der Waals surface area (Å²) < 4.78 is 5.33. The summed E-state index contributed by atoms with van der Waals surface area (Å²) in [6.07, 6.45) is 1.60. The van der Waals surface area contributed by atoms with Crippen LogP contribution in [0.4, 0.5) is 5.95 Å². The number of morpholine rings is 1. The van der Waals surface area contributed by atoms with Crippen LogP contribution < -0.4 is 10.2 Å². The zero-order valence-electron chi connectivity index (χ0n) is 13.2. The highest BCUT2D eigenvalue weighted by molar-refractivity contribution is 5.94. The van der Waals surface area contributed by atoms with E-state index in [2.05, 4.69) is 20.2 Å². The second-order valence-corrected chi connectivity index (χ2v) is 5.44. The number of rotatable bonds is 4. The average molecular weight is 312 g/mol. The van der Waals surface area contributed by atoms with Crippen molar-refractivity contribution in [1.29, 1.82) is 0 Å². The lowest BCUT2D eigenvalue weighted by Gasteiger charge is -2.27. The molecule has 1 aliphatic heterocycles. The molecule has 0 spiro atoms. The Bertz CT molecular complexity index is 670. The average Bonchev–Trinajstić information content (AvgIpc) is 2.61. The van der Waals surface area contributed by atoms with Gasteiger partial charge in [-0.2, -0.15) is 0 Å².